The Morgan fingerprint density at radius 3 is 2.17 bits per heavy atom. The van der Waals surface area contributed by atoms with Crippen molar-refractivity contribution in [3.8, 4) is 0 Å². The fourth-order valence-electron chi connectivity index (χ4n) is 3.48. The van der Waals surface area contributed by atoms with Gasteiger partial charge in [-0.3, -0.25) is 14.3 Å². The first kappa shape index (κ1) is 20.9. The molecule has 1 saturated heterocycles. The van der Waals surface area contributed by atoms with E-state index in [4.69, 9.17) is 0 Å². The molecule has 1 N–H and O–H groups in total. The topological polar surface area (TPSA) is 86.8 Å². The van der Waals surface area contributed by atoms with Crippen LogP contribution in [0.5, 0.6) is 0 Å². The molecular weight excluding hydrogens is 390 g/mol. The second kappa shape index (κ2) is 8.24. The normalized spacial score (nSPS) is 14.6. The van der Waals surface area contributed by atoms with Crippen LogP contribution in [-0.4, -0.2) is 56.7 Å². The highest BCUT2D eigenvalue weighted by Gasteiger charge is 2.24. The maximum atomic E-state index is 13.0. The molecule has 0 aromatic heterocycles. The van der Waals surface area contributed by atoms with Crippen molar-refractivity contribution in [2.24, 2.45) is 0 Å². The van der Waals surface area contributed by atoms with Gasteiger partial charge in [0, 0.05) is 37.4 Å². The van der Waals surface area contributed by atoms with Crippen LogP contribution in [0.2, 0.25) is 0 Å². The number of benzene rings is 2. The van der Waals surface area contributed by atoms with E-state index in [1.807, 2.05) is 19.9 Å². The van der Waals surface area contributed by atoms with Crippen LogP contribution in [-0.2, 0) is 14.8 Å². The summed E-state index contributed by atoms with van der Waals surface area (Å²) in [7, 11) is -3.85. The van der Waals surface area contributed by atoms with Crippen molar-refractivity contribution in [2.75, 3.05) is 30.9 Å². The maximum Gasteiger partial charge on any atom is 0.262 e. The Bertz CT molecular complexity index is 1020. The SMILES string of the molecule is Cc1cc(C)cc(NS(=O)(=O)c2cc(C(=O)N3CCN(C=O)CC3)ccc2C)c1. The van der Waals surface area contributed by atoms with E-state index in [0.29, 0.717) is 43.0 Å². The van der Waals surface area contributed by atoms with Gasteiger partial charge in [-0.05, 0) is 61.7 Å². The lowest BCUT2D eigenvalue weighted by atomic mass is 10.1. The number of hydrogen-bond donors (Lipinski definition) is 1. The summed E-state index contributed by atoms with van der Waals surface area (Å²) in [5, 5.41) is 0. The van der Waals surface area contributed by atoms with E-state index in [-0.39, 0.29) is 10.8 Å². The second-order valence-corrected chi connectivity index (χ2v) is 9.05. The summed E-state index contributed by atoms with van der Waals surface area (Å²) in [6, 6.07) is 10.2. The van der Waals surface area contributed by atoms with Crippen LogP contribution in [0.3, 0.4) is 0 Å². The van der Waals surface area contributed by atoms with Gasteiger partial charge in [-0.15, -0.1) is 0 Å². The van der Waals surface area contributed by atoms with Crippen LogP contribution in [0, 0.1) is 20.8 Å². The lowest BCUT2D eigenvalue weighted by Crippen LogP contribution is -2.48. The molecule has 3 rings (SSSR count). The molecule has 2 amide bonds. The third kappa shape index (κ3) is 4.76. The van der Waals surface area contributed by atoms with E-state index in [0.717, 1.165) is 17.5 Å². The van der Waals surface area contributed by atoms with Crippen LogP contribution in [0.25, 0.3) is 0 Å². The molecule has 1 heterocycles. The van der Waals surface area contributed by atoms with Crippen molar-refractivity contribution in [1.29, 1.82) is 0 Å². The summed E-state index contributed by atoms with van der Waals surface area (Å²) in [5.74, 6) is -0.238. The predicted molar refractivity (Wildman–Crippen MR) is 111 cm³/mol. The maximum absolute atomic E-state index is 13.0. The van der Waals surface area contributed by atoms with Gasteiger partial charge in [0.15, 0.2) is 0 Å². The Hall–Kier alpha value is -2.87. The van der Waals surface area contributed by atoms with Crippen LogP contribution < -0.4 is 4.72 Å². The Morgan fingerprint density at radius 2 is 1.59 bits per heavy atom. The minimum Gasteiger partial charge on any atom is -0.342 e. The molecule has 1 aliphatic rings. The number of carbonyl (C=O) groups excluding carboxylic acids is 2. The number of rotatable bonds is 5. The Morgan fingerprint density at radius 1 is 0.966 bits per heavy atom. The third-order valence-electron chi connectivity index (χ3n) is 4.95. The van der Waals surface area contributed by atoms with E-state index in [2.05, 4.69) is 4.72 Å². The number of sulfonamides is 1. The second-order valence-electron chi connectivity index (χ2n) is 7.40. The van der Waals surface area contributed by atoms with Gasteiger partial charge >= 0.3 is 0 Å². The lowest BCUT2D eigenvalue weighted by molar-refractivity contribution is -0.119. The molecule has 0 spiro atoms. The van der Waals surface area contributed by atoms with E-state index in [1.54, 1.807) is 41.0 Å². The number of carbonyl (C=O) groups is 2. The van der Waals surface area contributed by atoms with Gasteiger partial charge in [-0.1, -0.05) is 12.1 Å². The third-order valence-corrected chi connectivity index (χ3v) is 6.47. The molecule has 0 atom stereocenters. The first-order valence-electron chi connectivity index (χ1n) is 9.40. The van der Waals surface area contributed by atoms with Crippen molar-refractivity contribution in [2.45, 2.75) is 25.7 Å². The molecule has 29 heavy (non-hydrogen) atoms. The zero-order valence-electron chi connectivity index (χ0n) is 16.8. The van der Waals surface area contributed by atoms with Crippen molar-refractivity contribution >= 4 is 28.0 Å². The minimum absolute atomic E-state index is 0.0778. The number of nitrogens with zero attached hydrogens (tertiary/aromatic N) is 2. The summed E-state index contributed by atoms with van der Waals surface area (Å²) in [4.78, 5) is 27.0. The van der Waals surface area contributed by atoms with E-state index in [9.17, 15) is 18.0 Å². The van der Waals surface area contributed by atoms with Crippen molar-refractivity contribution in [3.05, 3.63) is 58.7 Å². The highest BCUT2D eigenvalue weighted by molar-refractivity contribution is 7.92. The number of aryl methyl sites for hydroxylation is 3. The zero-order chi connectivity index (χ0) is 21.2. The van der Waals surface area contributed by atoms with E-state index >= 15 is 0 Å². The molecule has 0 unspecified atom stereocenters. The summed E-state index contributed by atoms with van der Waals surface area (Å²) in [6.45, 7) is 7.30. The van der Waals surface area contributed by atoms with Gasteiger partial charge in [-0.2, -0.15) is 0 Å². The van der Waals surface area contributed by atoms with Gasteiger partial charge in [0.05, 0.1) is 4.90 Å². The molecule has 7 nitrogen and oxygen atoms in total. The Balaban J connectivity index is 1.86. The lowest BCUT2D eigenvalue weighted by Gasteiger charge is -2.32. The summed E-state index contributed by atoms with van der Waals surface area (Å²) < 4.78 is 28.6. The predicted octanol–water partition coefficient (Wildman–Crippen LogP) is 2.33. The molecule has 0 radical (unpaired) electrons. The van der Waals surface area contributed by atoms with Gasteiger partial charge < -0.3 is 9.80 Å². The van der Waals surface area contributed by atoms with Gasteiger partial charge in [-0.25, -0.2) is 8.42 Å². The summed E-state index contributed by atoms with van der Waals surface area (Å²) in [6.07, 6.45) is 0.775. The quantitative estimate of drug-likeness (QED) is 0.760. The highest BCUT2D eigenvalue weighted by Crippen LogP contribution is 2.23. The average Bonchev–Trinajstić information content (AvgIpc) is 2.66. The zero-order valence-corrected chi connectivity index (χ0v) is 17.6. The van der Waals surface area contributed by atoms with Crippen molar-refractivity contribution < 1.29 is 18.0 Å². The van der Waals surface area contributed by atoms with Crippen LogP contribution in [0.15, 0.2) is 41.3 Å². The Kier molecular flexibility index (Phi) is 5.93. The first-order chi connectivity index (χ1) is 13.7. The number of hydrogen-bond acceptors (Lipinski definition) is 4. The van der Waals surface area contributed by atoms with Crippen LogP contribution >= 0.6 is 0 Å². The monoisotopic (exact) mass is 415 g/mol. The van der Waals surface area contributed by atoms with Crippen molar-refractivity contribution in [3.63, 3.8) is 0 Å². The molecule has 0 bridgehead atoms. The minimum atomic E-state index is -3.85. The average molecular weight is 416 g/mol. The fourth-order valence-corrected chi connectivity index (χ4v) is 4.79. The number of anilines is 1. The highest BCUT2D eigenvalue weighted by atomic mass is 32.2. The molecule has 2 aromatic rings. The largest absolute Gasteiger partial charge is 0.342 e. The molecular formula is C21H25N3O4S. The molecule has 154 valence electrons. The van der Waals surface area contributed by atoms with Gasteiger partial charge in [0.2, 0.25) is 6.41 Å². The van der Waals surface area contributed by atoms with E-state index < -0.39 is 10.0 Å². The standard InChI is InChI=1S/C21H25N3O4S/c1-15-10-16(2)12-19(11-15)22-29(27,28)20-13-18(5-4-17(20)3)21(26)24-8-6-23(14-25)7-9-24/h4-5,10-14,22H,6-9H2,1-3H3. The van der Waals surface area contributed by atoms with Crippen LogP contribution in [0.1, 0.15) is 27.0 Å². The smallest absolute Gasteiger partial charge is 0.262 e. The number of piperazine rings is 1. The van der Waals surface area contributed by atoms with Crippen molar-refractivity contribution in [1.82, 2.24) is 9.80 Å². The van der Waals surface area contributed by atoms with Crippen LogP contribution in [0.4, 0.5) is 5.69 Å². The first-order valence-corrected chi connectivity index (χ1v) is 10.9. The Labute approximate surface area is 171 Å². The summed E-state index contributed by atoms with van der Waals surface area (Å²) in [5.41, 5.74) is 3.28. The molecule has 1 aliphatic heterocycles. The number of amides is 2. The fraction of sp³-hybridized carbons (Fsp3) is 0.333. The van der Waals surface area contributed by atoms with Gasteiger partial charge in [0.25, 0.3) is 15.9 Å². The molecule has 2 aromatic carbocycles. The number of nitrogens with one attached hydrogen (secondary N) is 1. The molecule has 1 fully saturated rings. The van der Waals surface area contributed by atoms with E-state index in [1.165, 1.54) is 6.07 Å². The summed E-state index contributed by atoms with van der Waals surface area (Å²) >= 11 is 0. The molecule has 0 aliphatic carbocycles. The molecule has 8 heteroatoms. The molecule has 0 saturated carbocycles. The van der Waals surface area contributed by atoms with Gasteiger partial charge in [0.1, 0.15) is 0 Å².